The van der Waals surface area contributed by atoms with E-state index in [0.29, 0.717) is 28.4 Å². The van der Waals surface area contributed by atoms with Crippen molar-refractivity contribution in [1.29, 1.82) is 0 Å². The maximum atomic E-state index is 12.7. The third-order valence-corrected chi connectivity index (χ3v) is 7.18. The molecule has 0 aliphatic rings. The van der Waals surface area contributed by atoms with Gasteiger partial charge in [0.05, 0.1) is 26.8 Å². The Balaban J connectivity index is 0.00000182. The lowest BCUT2D eigenvalue weighted by Crippen LogP contribution is -2.37. The van der Waals surface area contributed by atoms with Gasteiger partial charge in [-0.15, -0.1) is 0 Å². The fraction of sp³-hybridized carbons (Fsp3) is 0.292. The summed E-state index contributed by atoms with van der Waals surface area (Å²) in [5, 5.41) is 5.88. The number of urea groups is 1. The van der Waals surface area contributed by atoms with E-state index in [1.807, 2.05) is 12.1 Å². The molecule has 0 radical (unpaired) electrons. The molecule has 1 atom stereocenters. The minimum Gasteiger partial charge on any atom is -0.388 e. The number of anilines is 1. The molecule has 0 spiro atoms. The first-order valence-corrected chi connectivity index (χ1v) is 12.6. The number of hydrogen-bond acceptors (Lipinski definition) is 5. The summed E-state index contributed by atoms with van der Waals surface area (Å²) in [4.78, 5) is 12.4. The van der Waals surface area contributed by atoms with Crippen molar-refractivity contribution in [3.05, 3.63) is 81.9 Å². The zero-order valence-electron chi connectivity index (χ0n) is 19.7. The van der Waals surface area contributed by atoms with Crippen molar-refractivity contribution in [2.45, 2.75) is 37.1 Å². The van der Waals surface area contributed by atoms with Gasteiger partial charge in [-0.25, -0.2) is 13.2 Å². The van der Waals surface area contributed by atoms with Crippen LogP contribution >= 0.6 is 23.2 Å². The second-order valence-corrected chi connectivity index (χ2v) is 10.3. The van der Waals surface area contributed by atoms with Gasteiger partial charge in [0.1, 0.15) is 0 Å². The number of sulfone groups is 1. The number of hydrogen-bond donors (Lipinski definition) is 3. The molecule has 0 aliphatic heterocycles. The molecule has 0 saturated carbocycles. The summed E-state index contributed by atoms with van der Waals surface area (Å²) in [7, 11) is -0.277. The average molecular weight is 529 g/mol. The predicted octanol–water partition coefficient (Wildman–Crippen LogP) is 5.16. The number of nitrogens with one attached hydrogen (secondary N) is 2. The predicted molar refractivity (Wildman–Crippen MR) is 140 cm³/mol. The molecule has 2 amide bonds. The van der Waals surface area contributed by atoms with Crippen LogP contribution in [-0.2, 0) is 26.9 Å². The van der Waals surface area contributed by atoms with Crippen molar-refractivity contribution in [3.8, 4) is 0 Å². The molecular formula is C24H31Cl2N3O4S. The van der Waals surface area contributed by atoms with E-state index < -0.39 is 15.9 Å². The van der Waals surface area contributed by atoms with Crippen molar-refractivity contribution in [1.82, 2.24) is 5.32 Å². The first kappa shape index (κ1) is 29.7. The summed E-state index contributed by atoms with van der Waals surface area (Å²) < 4.78 is 29.6. The van der Waals surface area contributed by atoms with Gasteiger partial charge < -0.3 is 21.1 Å². The van der Waals surface area contributed by atoms with E-state index in [4.69, 9.17) is 28.9 Å². The topological polar surface area (TPSA) is 111 Å². The number of carbonyl (C=O) groups excluding carboxylic acids is 1. The normalized spacial score (nSPS) is 12.6. The van der Waals surface area contributed by atoms with Gasteiger partial charge in [0.25, 0.3) is 0 Å². The Morgan fingerprint density at radius 3 is 2.03 bits per heavy atom. The number of carbonyl (C=O) groups is 1. The fourth-order valence-corrected chi connectivity index (χ4v) is 4.36. The molecule has 4 N–H and O–H groups in total. The third-order valence-electron chi connectivity index (χ3n) is 4.67. The lowest BCUT2D eigenvalue weighted by atomic mass is 10.1. The molecule has 34 heavy (non-hydrogen) atoms. The van der Waals surface area contributed by atoms with Crippen LogP contribution in [0, 0.1) is 0 Å². The molecule has 186 valence electrons. The SMILES string of the molecule is C=C(Cl)/C(Cl)=C(\C)C(C)NC(=O)Nc1ccc(S(=O)(=O)Cc2ccc(CN)cc2)cc1.COC. The molecule has 2 aromatic rings. The molecule has 0 bridgehead atoms. The van der Waals surface area contributed by atoms with E-state index in [1.165, 1.54) is 24.3 Å². The van der Waals surface area contributed by atoms with Gasteiger partial charge in [-0.05, 0) is 54.8 Å². The van der Waals surface area contributed by atoms with Crippen LogP contribution in [0.1, 0.15) is 25.0 Å². The number of benzene rings is 2. The number of rotatable bonds is 8. The van der Waals surface area contributed by atoms with Gasteiger partial charge in [0.2, 0.25) is 0 Å². The smallest absolute Gasteiger partial charge is 0.319 e. The number of amides is 2. The van der Waals surface area contributed by atoms with Gasteiger partial charge >= 0.3 is 6.03 Å². The molecule has 7 nitrogen and oxygen atoms in total. The van der Waals surface area contributed by atoms with Gasteiger partial charge in [0, 0.05) is 26.5 Å². The zero-order chi connectivity index (χ0) is 25.9. The van der Waals surface area contributed by atoms with Crippen LogP contribution in [0.3, 0.4) is 0 Å². The van der Waals surface area contributed by atoms with Gasteiger partial charge in [-0.1, -0.05) is 54.0 Å². The highest BCUT2D eigenvalue weighted by atomic mass is 35.5. The molecule has 0 aromatic heterocycles. The largest absolute Gasteiger partial charge is 0.388 e. The molecule has 0 fully saturated rings. The van der Waals surface area contributed by atoms with Crippen LogP contribution in [0.4, 0.5) is 10.5 Å². The fourth-order valence-electron chi connectivity index (χ4n) is 2.70. The van der Waals surface area contributed by atoms with E-state index in [9.17, 15) is 13.2 Å². The highest BCUT2D eigenvalue weighted by Crippen LogP contribution is 2.23. The van der Waals surface area contributed by atoms with Crippen LogP contribution in [-0.4, -0.2) is 34.7 Å². The van der Waals surface area contributed by atoms with Gasteiger partial charge in [-0.2, -0.15) is 0 Å². The summed E-state index contributed by atoms with van der Waals surface area (Å²) in [6.45, 7) is 7.46. The van der Waals surface area contributed by atoms with Crippen molar-refractivity contribution < 1.29 is 17.9 Å². The summed E-state index contributed by atoms with van der Waals surface area (Å²) in [6.07, 6.45) is 0. The Hall–Kier alpha value is -2.36. The van der Waals surface area contributed by atoms with Crippen LogP contribution < -0.4 is 16.4 Å². The molecular weight excluding hydrogens is 497 g/mol. The average Bonchev–Trinajstić information content (AvgIpc) is 2.79. The van der Waals surface area contributed by atoms with Gasteiger partial charge in [-0.3, -0.25) is 0 Å². The van der Waals surface area contributed by atoms with Crippen molar-refractivity contribution in [2.75, 3.05) is 19.5 Å². The Morgan fingerprint density at radius 1 is 1.06 bits per heavy atom. The number of allylic oxidation sites excluding steroid dienone is 2. The standard InChI is InChI=1S/C22H25Cl2N3O3S.C2H6O/c1-14(21(24)15(2)23)16(3)26-22(28)27-19-8-10-20(11-9-19)31(29,30)13-18-6-4-17(12-25)5-7-18;1-3-2/h4-11,16H,2,12-13,25H2,1,3H3,(H2,26,27,28);1-2H3/b21-14-;. The minimum atomic E-state index is -3.53. The highest BCUT2D eigenvalue weighted by molar-refractivity contribution is 7.90. The lowest BCUT2D eigenvalue weighted by Gasteiger charge is -2.17. The van der Waals surface area contributed by atoms with Crippen molar-refractivity contribution >= 4 is 44.8 Å². The summed E-state index contributed by atoms with van der Waals surface area (Å²) in [5.74, 6) is -0.124. The third kappa shape index (κ3) is 9.48. The second-order valence-electron chi connectivity index (χ2n) is 7.43. The number of halogens is 2. The Labute approximate surface area is 211 Å². The zero-order valence-corrected chi connectivity index (χ0v) is 22.0. The summed E-state index contributed by atoms with van der Waals surface area (Å²) in [5.41, 5.74) is 8.29. The minimum absolute atomic E-state index is 0.124. The lowest BCUT2D eigenvalue weighted by molar-refractivity contribution is 0.250. The summed E-state index contributed by atoms with van der Waals surface area (Å²) in [6, 6.07) is 12.3. The van der Waals surface area contributed by atoms with E-state index >= 15 is 0 Å². The highest BCUT2D eigenvalue weighted by Gasteiger charge is 2.16. The van der Waals surface area contributed by atoms with E-state index in [-0.39, 0.29) is 21.7 Å². The first-order chi connectivity index (χ1) is 15.9. The maximum absolute atomic E-state index is 12.7. The van der Waals surface area contributed by atoms with Crippen LogP contribution in [0.2, 0.25) is 0 Å². The van der Waals surface area contributed by atoms with Crippen LogP contribution in [0.25, 0.3) is 0 Å². The number of ether oxygens (including phenoxy) is 1. The Bertz CT molecular complexity index is 1100. The van der Waals surface area contributed by atoms with Crippen LogP contribution in [0.15, 0.2) is 75.6 Å². The molecule has 2 rings (SSSR count). The quantitative estimate of drug-likeness (QED) is 0.410. The molecule has 1 unspecified atom stereocenters. The molecule has 0 saturated heterocycles. The first-order valence-electron chi connectivity index (χ1n) is 10.2. The number of nitrogens with two attached hydrogens (primary N) is 1. The molecule has 2 aromatic carbocycles. The van der Waals surface area contributed by atoms with Crippen LogP contribution in [0.5, 0.6) is 0 Å². The summed E-state index contributed by atoms with van der Waals surface area (Å²) >= 11 is 11.8. The molecule has 10 heteroatoms. The molecule has 0 heterocycles. The Morgan fingerprint density at radius 2 is 1.56 bits per heavy atom. The van der Waals surface area contributed by atoms with Gasteiger partial charge in [0.15, 0.2) is 9.84 Å². The van der Waals surface area contributed by atoms with Crippen molar-refractivity contribution in [2.24, 2.45) is 5.73 Å². The number of methoxy groups -OCH3 is 1. The monoisotopic (exact) mass is 527 g/mol. The second kappa shape index (κ2) is 14.1. The van der Waals surface area contributed by atoms with E-state index in [0.717, 1.165) is 5.56 Å². The van der Waals surface area contributed by atoms with E-state index in [2.05, 4.69) is 21.9 Å². The van der Waals surface area contributed by atoms with Crippen molar-refractivity contribution in [3.63, 3.8) is 0 Å². The van der Waals surface area contributed by atoms with E-state index in [1.54, 1.807) is 40.2 Å². The molecule has 0 aliphatic carbocycles. The maximum Gasteiger partial charge on any atom is 0.319 e. The Kier molecular flexibility index (Phi) is 12.3.